The smallest absolute Gasteiger partial charge is 0.384 e. The molecule has 0 spiro atoms. The molecule has 7 heteroatoms. The van der Waals surface area contributed by atoms with Gasteiger partial charge in [-0.2, -0.15) is 18.3 Å². The van der Waals surface area contributed by atoms with Gasteiger partial charge in [0.2, 0.25) is 0 Å². The first kappa shape index (κ1) is 12.4. The summed E-state index contributed by atoms with van der Waals surface area (Å²) >= 11 is 0. The number of alkyl halides is 3. The van der Waals surface area contributed by atoms with E-state index in [2.05, 4.69) is 5.10 Å². The number of hydrogen-bond acceptors (Lipinski definition) is 2. The molecule has 0 bridgehead atoms. The van der Waals surface area contributed by atoms with Gasteiger partial charge in [0, 0.05) is 18.7 Å². The fraction of sp³-hybridized carbons (Fsp3) is 0.182. The van der Waals surface area contributed by atoms with Gasteiger partial charge in [-0.3, -0.25) is 4.68 Å². The molecule has 1 heterocycles. The number of benzene rings is 1. The number of hydrogen-bond donors (Lipinski definition) is 1. The summed E-state index contributed by atoms with van der Waals surface area (Å²) in [7, 11) is 1.56. The summed E-state index contributed by atoms with van der Waals surface area (Å²) in [5.41, 5.74) is 4.65. The van der Waals surface area contributed by atoms with Gasteiger partial charge < -0.3 is 5.73 Å². The highest BCUT2D eigenvalue weighted by Gasteiger charge is 2.34. The third kappa shape index (κ3) is 2.15. The molecule has 18 heavy (non-hydrogen) atoms. The van der Waals surface area contributed by atoms with Crippen LogP contribution in [0.1, 0.15) is 5.56 Å². The van der Waals surface area contributed by atoms with Crippen LogP contribution in [0.2, 0.25) is 0 Å². The molecule has 0 aliphatic heterocycles. The Morgan fingerprint density at radius 3 is 2.39 bits per heavy atom. The van der Waals surface area contributed by atoms with Crippen LogP contribution in [0.15, 0.2) is 24.3 Å². The average molecular weight is 259 g/mol. The Balaban J connectivity index is 2.54. The lowest BCUT2D eigenvalue weighted by Gasteiger charge is -2.08. The van der Waals surface area contributed by atoms with Crippen molar-refractivity contribution in [3.05, 3.63) is 35.6 Å². The number of halogens is 4. The average Bonchev–Trinajstić information content (AvgIpc) is 2.58. The Morgan fingerprint density at radius 2 is 1.89 bits per heavy atom. The van der Waals surface area contributed by atoms with Gasteiger partial charge >= 0.3 is 6.18 Å². The number of aryl methyl sites for hydroxylation is 1. The van der Waals surface area contributed by atoms with E-state index in [4.69, 9.17) is 5.73 Å². The van der Waals surface area contributed by atoms with Crippen LogP contribution in [0, 0.1) is 5.82 Å². The predicted octanol–water partition coefficient (Wildman–Crippen LogP) is 2.83. The lowest BCUT2D eigenvalue weighted by Crippen LogP contribution is -2.08. The van der Waals surface area contributed by atoms with Crippen molar-refractivity contribution in [2.75, 3.05) is 5.73 Å². The number of nitrogens with zero attached hydrogens (tertiary/aromatic N) is 2. The maximum atomic E-state index is 13.1. The van der Waals surface area contributed by atoms with Crippen molar-refractivity contribution in [3.8, 4) is 11.3 Å². The molecule has 0 aliphatic carbocycles. The van der Waals surface area contributed by atoms with Crippen LogP contribution in [-0.4, -0.2) is 9.78 Å². The zero-order valence-corrected chi connectivity index (χ0v) is 9.29. The number of aromatic nitrogens is 2. The molecule has 2 rings (SSSR count). The van der Waals surface area contributed by atoms with Crippen LogP contribution in [0.4, 0.5) is 23.4 Å². The number of nitrogen functional groups attached to an aromatic ring is 1. The fourth-order valence-electron chi connectivity index (χ4n) is 1.52. The lowest BCUT2D eigenvalue weighted by molar-refractivity contribution is -0.139. The maximum Gasteiger partial charge on any atom is 0.419 e. The first-order chi connectivity index (χ1) is 8.29. The highest BCUT2D eigenvalue weighted by atomic mass is 19.4. The molecule has 96 valence electrons. The van der Waals surface area contributed by atoms with Crippen LogP contribution in [0.25, 0.3) is 11.3 Å². The van der Waals surface area contributed by atoms with Gasteiger partial charge in [0.15, 0.2) is 0 Å². The van der Waals surface area contributed by atoms with Crippen molar-refractivity contribution in [2.45, 2.75) is 6.18 Å². The minimum atomic E-state index is -4.74. The van der Waals surface area contributed by atoms with Crippen molar-refractivity contribution in [1.29, 1.82) is 0 Å². The molecule has 0 saturated carbocycles. The zero-order valence-electron chi connectivity index (χ0n) is 9.29. The third-order valence-electron chi connectivity index (χ3n) is 2.48. The minimum absolute atomic E-state index is 0.163. The summed E-state index contributed by atoms with van der Waals surface area (Å²) in [4.78, 5) is 0. The molecule has 0 aliphatic rings. The second kappa shape index (κ2) is 4.01. The van der Waals surface area contributed by atoms with E-state index in [0.717, 1.165) is 12.1 Å². The highest BCUT2D eigenvalue weighted by Crippen LogP contribution is 2.34. The molecule has 0 amide bonds. The molecule has 0 unspecified atom stereocenters. The van der Waals surface area contributed by atoms with Gasteiger partial charge in [-0.15, -0.1) is 0 Å². The summed E-state index contributed by atoms with van der Waals surface area (Å²) in [6.07, 6.45) is -4.74. The van der Waals surface area contributed by atoms with E-state index >= 15 is 0 Å². The van der Waals surface area contributed by atoms with Crippen molar-refractivity contribution in [3.63, 3.8) is 0 Å². The van der Waals surface area contributed by atoms with Gasteiger partial charge in [-0.25, -0.2) is 4.39 Å². The van der Waals surface area contributed by atoms with Crippen LogP contribution in [0.5, 0.6) is 0 Å². The van der Waals surface area contributed by atoms with Crippen LogP contribution < -0.4 is 5.73 Å². The molecule has 0 atom stereocenters. The normalized spacial score (nSPS) is 11.8. The number of rotatable bonds is 1. The van der Waals surface area contributed by atoms with Gasteiger partial charge in [0.05, 0.1) is 11.3 Å². The second-order valence-electron chi connectivity index (χ2n) is 3.77. The van der Waals surface area contributed by atoms with Gasteiger partial charge in [0.1, 0.15) is 11.6 Å². The third-order valence-corrected chi connectivity index (χ3v) is 2.48. The number of anilines is 1. The van der Waals surface area contributed by atoms with E-state index < -0.39 is 17.6 Å². The van der Waals surface area contributed by atoms with E-state index in [9.17, 15) is 17.6 Å². The Bertz CT molecular complexity index is 567. The van der Waals surface area contributed by atoms with Gasteiger partial charge in [-0.1, -0.05) is 0 Å². The van der Waals surface area contributed by atoms with E-state index in [1.165, 1.54) is 16.8 Å². The van der Waals surface area contributed by atoms with Gasteiger partial charge in [0.25, 0.3) is 0 Å². The Morgan fingerprint density at radius 1 is 1.22 bits per heavy atom. The second-order valence-corrected chi connectivity index (χ2v) is 3.77. The molecule has 1 aromatic carbocycles. The highest BCUT2D eigenvalue weighted by molar-refractivity contribution is 5.63. The molecular weight excluding hydrogens is 250 g/mol. The molecular formula is C11H9F4N3. The summed E-state index contributed by atoms with van der Waals surface area (Å²) < 4.78 is 52.0. The molecule has 3 nitrogen and oxygen atoms in total. The first-order valence-corrected chi connectivity index (χ1v) is 4.95. The summed E-state index contributed by atoms with van der Waals surface area (Å²) in [6.45, 7) is 0. The maximum absolute atomic E-state index is 13.1. The summed E-state index contributed by atoms with van der Waals surface area (Å²) in [5, 5.41) is 3.94. The molecule has 0 radical (unpaired) electrons. The molecule has 1 aromatic heterocycles. The number of nitrogens with two attached hydrogens (primary N) is 1. The van der Waals surface area contributed by atoms with Crippen molar-refractivity contribution < 1.29 is 17.6 Å². The summed E-state index contributed by atoms with van der Waals surface area (Å²) in [6, 6.07) is 4.14. The Kier molecular flexibility index (Phi) is 2.76. The monoisotopic (exact) mass is 259 g/mol. The van der Waals surface area contributed by atoms with E-state index in [1.54, 1.807) is 7.05 Å². The largest absolute Gasteiger partial charge is 0.419 e. The van der Waals surface area contributed by atoms with Crippen LogP contribution >= 0.6 is 0 Å². The lowest BCUT2D eigenvalue weighted by atomic mass is 10.1. The van der Waals surface area contributed by atoms with E-state index in [1.807, 2.05) is 0 Å². The predicted molar refractivity (Wildman–Crippen MR) is 58.0 cm³/mol. The van der Waals surface area contributed by atoms with E-state index in [-0.39, 0.29) is 11.3 Å². The van der Waals surface area contributed by atoms with E-state index in [0.29, 0.717) is 5.82 Å². The quantitative estimate of drug-likeness (QED) is 0.800. The topological polar surface area (TPSA) is 43.8 Å². The standard InChI is InChI=1S/C11H9F4N3/c1-18-10(16)5-9(17-18)6-2-3-8(12)7(4-6)11(13,14)15/h2-5H,16H2,1H3. The summed E-state index contributed by atoms with van der Waals surface area (Å²) in [5.74, 6) is -1.00. The zero-order chi connectivity index (χ0) is 13.5. The van der Waals surface area contributed by atoms with Crippen molar-refractivity contribution in [1.82, 2.24) is 9.78 Å². The molecule has 0 fully saturated rings. The molecule has 2 aromatic rings. The first-order valence-electron chi connectivity index (χ1n) is 4.95. The van der Waals surface area contributed by atoms with Gasteiger partial charge in [-0.05, 0) is 18.2 Å². The minimum Gasteiger partial charge on any atom is -0.384 e. The molecule has 2 N–H and O–H groups in total. The van der Waals surface area contributed by atoms with Crippen LogP contribution in [0.3, 0.4) is 0 Å². The van der Waals surface area contributed by atoms with Crippen molar-refractivity contribution in [2.24, 2.45) is 7.05 Å². The molecule has 0 saturated heterocycles. The SMILES string of the molecule is Cn1nc(-c2ccc(F)c(C(F)(F)F)c2)cc1N. The fourth-order valence-corrected chi connectivity index (χ4v) is 1.52. The van der Waals surface area contributed by atoms with Crippen LogP contribution in [-0.2, 0) is 13.2 Å². The van der Waals surface area contributed by atoms with Crippen molar-refractivity contribution >= 4 is 5.82 Å². The Labute approximate surface area is 99.8 Å². The Hall–Kier alpha value is -2.05.